The van der Waals surface area contributed by atoms with E-state index in [4.69, 9.17) is 5.11 Å². The summed E-state index contributed by atoms with van der Waals surface area (Å²) in [6.07, 6.45) is 3.12. The Morgan fingerprint density at radius 3 is 2.45 bits per heavy atom. The summed E-state index contributed by atoms with van der Waals surface area (Å²) in [6, 6.07) is 1.30. The SMILES string of the molecule is CCC(C)N(C)C1CC(O)C1. The molecule has 0 radical (unpaired) electrons. The molecule has 1 rings (SSSR count). The van der Waals surface area contributed by atoms with E-state index in [-0.39, 0.29) is 6.10 Å². The first-order valence-electron chi connectivity index (χ1n) is 4.55. The highest BCUT2D eigenvalue weighted by Gasteiger charge is 2.31. The van der Waals surface area contributed by atoms with Crippen LogP contribution in [0.5, 0.6) is 0 Å². The maximum Gasteiger partial charge on any atom is 0.0570 e. The Hall–Kier alpha value is -0.0800. The average Bonchev–Trinajstić information content (AvgIpc) is 1.96. The summed E-state index contributed by atoms with van der Waals surface area (Å²) < 4.78 is 0. The Morgan fingerprint density at radius 2 is 2.09 bits per heavy atom. The molecule has 11 heavy (non-hydrogen) atoms. The topological polar surface area (TPSA) is 23.5 Å². The third-order valence-corrected chi connectivity index (χ3v) is 2.95. The molecule has 0 aromatic carbocycles. The molecule has 0 heterocycles. The van der Waals surface area contributed by atoms with E-state index in [2.05, 4.69) is 25.8 Å². The van der Waals surface area contributed by atoms with Crippen molar-refractivity contribution in [3.05, 3.63) is 0 Å². The molecule has 1 atom stereocenters. The third kappa shape index (κ3) is 1.94. The second-order valence-electron chi connectivity index (χ2n) is 3.70. The molecule has 0 saturated heterocycles. The fourth-order valence-corrected chi connectivity index (χ4v) is 1.54. The lowest BCUT2D eigenvalue weighted by Gasteiger charge is -2.41. The number of rotatable bonds is 3. The van der Waals surface area contributed by atoms with E-state index in [0.717, 1.165) is 12.8 Å². The van der Waals surface area contributed by atoms with Crippen LogP contribution in [0.25, 0.3) is 0 Å². The Kier molecular flexibility index (Phi) is 2.90. The van der Waals surface area contributed by atoms with Crippen molar-refractivity contribution in [2.75, 3.05) is 7.05 Å². The number of aliphatic hydroxyl groups is 1. The summed E-state index contributed by atoms with van der Waals surface area (Å²) in [5.41, 5.74) is 0. The lowest BCUT2D eigenvalue weighted by molar-refractivity contribution is -0.00206. The zero-order valence-corrected chi connectivity index (χ0v) is 7.75. The van der Waals surface area contributed by atoms with Crippen molar-refractivity contribution < 1.29 is 5.11 Å². The van der Waals surface area contributed by atoms with E-state index in [1.54, 1.807) is 0 Å². The Bertz CT molecular complexity index is 121. The van der Waals surface area contributed by atoms with E-state index in [9.17, 15) is 0 Å². The number of aliphatic hydroxyl groups excluding tert-OH is 1. The van der Waals surface area contributed by atoms with Crippen LogP contribution in [0.4, 0.5) is 0 Å². The van der Waals surface area contributed by atoms with E-state index in [1.807, 2.05) is 0 Å². The molecule has 0 aromatic heterocycles. The zero-order chi connectivity index (χ0) is 8.43. The van der Waals surface area contributed by atoms with Gasteiger partial charge >= 0.3 is 0 Å². The highest BCUT2D eigenvalue weighted by atomic mass is 16.3. The number of hydrogen-bond donors (Lipinski definition) is 1. The standard InChI is InChI=1S/C9H19NO/c1-4-7(2)10(3)8-5-9(11)6-8/h7-9,11H,4-6H2,1-3H3. The minimum Gasteiger partial charge on any atom is -0.393 e. The Balaban J connectivity index is 2.25. The molecule has 0 bridgehead atoms. The van der Waals surface area contributed by atoms with Gasteiger partial charge in [-0.05, 0) is 33.2 Å². The summed E-state index contributed by atoms with van der Waals surface area (Å²) in [5, 5.41) is 9.10. The molecular formula is C9H19NO. The van der Waals surface area contributed by atoms with Crippen LogP contribution in [0, 0.1) is 0 Å². The van der Waals surface area contributed by atoms with Gasteiger partial charge in [-0.3, -0.25) is 0 Å². The normalized spacial score (nSPS) is 33.5. The quantitative estimate of drug-likeness (QED) is 0.666. The van der Waals surface area contributed by atoms with Gasteiger partial charge in [0.25, 0.3) is 0 Å². The van der Waals surface area contributed by atoms with Crippen molar-refractivity contribution in [2.24, 2.45) is 0 Å². The van der Waals surface area contributed by atoms with Gasteiger partial charge < -0.3 is 10.0 Å². The lowest BCUT2D eigenvalue weighted by atomic mass is 9.87. The van der Waals surface area contributed by atoms with Gasteiger partial charge in [-0.1, -0.05) is 6.92 Å². The molecule has 1 N–H and O–H groups in total. The van der Waals surface area contributed by atoms with Crippen molar-refractivity contribution in [2.45, 2.75) is 51.3 Å². The predicted octanol–water partition coefficient (Wildman–Crippen LogP) is 1.24. The first-order chi connectivity index (χ1) is 5.15. The van der Waals surface area contributed by atoms with Crippen molar-refractivity contribution in [3.8, 4) is 0 Å². The van der Waals surface area contributed by atoms with Gasteiger partial charge in [0.2, 0.25) is 0 Å². The van der Waals surface area contributed by atoms with E-state index < -0.39 is 0 Å². The molecule has 2 heteroatoms. The molecule has 1 aliphatic carbocycles. The third-order valence-electron chi connectivity index (χ3n) is 2.95. The van der Waals surface area contributed by atoms with Gasteiger partial charge in [0, 0.05) is 12.1 Å². The number of hydrogen-bond acceptors (Lipinski definition) is 2. The predicted molar refractivity (Wildman–Crippen MR) is 46.5 cm³/mol. The molecular weight excluding hydrogens is 138 g/mol. The van der Waals surface area contributed by atoms with Gasteiger partial charge in [-0.15, -0.1) is 0 Å². The highest BCUT2D eigenvalue weighted by molar-refractivity contribution is 4.87. The molecule has 0 amide bonds. The minimum atomic E-state index is -0.0218. The molecule has 66 valence electrons. The molecule has 1 aliphatic rings. The summed E-state index contributed by atoms with van der Waals surface area (Å²) in [4.78, 5) is 2.38. The number of nitrogens with zero attached hydrogens (tertiary/aromatic N) is 1. The Morgan fingerprint density at radius 1 is 1.55 bits per heavy atom. The van der Waals surface area contributed by atoms with Crippen LogP contribution in [0.3, 0.4) is 0 Å². The smallest absolute Gasteiger partial charge is 0.0570 e. The van der Waals surface area contributed by atoms with Gasteiger partial charge in [-0.2, -0.15) is 0 Å². The maximum atomic E-state index is 9.10. The first-order valence-corrected chi connectivity index (χ1v) is 4.55. The maximum absolute atomic E-state index is 9.10. The van der Waals surface area contributed by atoms with Crippen LogP contribution in [0.15, 0.2) is 0 Å². The van der Waals surface area contributed by atoms with Gasteiger partial charge in [0.05, 0.1) is 6.10 Å². The van der Waals surface area contributed by atoms with Crippen LogP contribution < -0.4 is 0 Å². The largest absolute Gasteiger partial charge is 0.393 e. The molecule has 1 saturated carbocycles. The summed E-state index contributed by atoms with van der Waals surface area (Å²) in [5.74, 6) is 0. The molecule has 1 unspecified atom stereocenters. The lowest BCUT2D eigenvalue weighted by Crippen LogP contribution is -2.48. The molecule has 2 nitrogen and oxygen atoms in total. The molecule has 0 aliphatic heterocycles. The highest BCUT2D eigenvalue weighted by Crippen LogP contribution is 2.26. The summed E-state index contributed by atoms with van der Waals surface area (Å²) in [6.45, 7) is 4.45. The Labute approximate surface area is 69.2 Å². The van der Waals surface area contributed by atoms with E-state index in [1.165, 1.54) is 6.42 Å². The summed E-state index contributed by atoms with van der Waals surface area (Å²) >= 11 is 0. The second kappa shape index (κ2) is 3.55. The molecule has 1 fully saturated rings. The zero-order valence-electron chi connectivity index (χ0n) is 7.75. The van der Waals surface area contributed by atoms with Crippen molar-refractivity contribution in [3.63, 3.8) is 0 Å². The van der Waals surface area contributed by atoms with Gasteiger partial charge in [0.1, 0.15) is 0 Å². The van der Waals surface area contributed by atoms with Gasteiger partial charge in [-0.25, -0.2) is 0 Å². The molecule has 0 aromatic rings. The molecule has 0 spiro atoms. The van der Waals surface area contributed by atoms with Crippen LogP contribution in [-0.4, -0.2) is 35.2 Å². The average molecular weight is 157 g/mol. The fourth-order valence-electron chi connectivity index (χ4n) is 1.54. The monoisotopic (exact) mass is 157 g/mol. The van der Waals surface area contributed by atoms with Crippen LogP contribution >= 0.6 is 0 Å². The van der Waals surface area contributed by atoms with Crippen molar-refractivity contribution in [1.29, 1.82) is 0 Å². The van der Waals surface area contributed by atoms with Gasteiger partial charge in [0.15, 0.2) is 0 Å². The van der Waals surface area contributed by atoms with Crippen molar-refractivity contribution >= 4 is 0 Å². The second-order valence-corrected chi connectivity index (χ2v) is 3.70. The fraction of sp³-hybridized carbons (Fsp3) is 1.00. The van der Waals surface area contributed by atoms with Crippen LogP contribution in [0.1, 0.15) is 33.1 Å². The van der Waals surface area contributed by atoms with Crippen LogP contribution in [0.2, 0.25) is 0 Å². The summed E-state index contributed by atoms with van der Waals surface area (Å²) in [7, 11) is 2.16. The van der Waals surface area contributed by atoms with E-state index in [0.29, 0.717) is 12.1 Å². The first kappa shape index (κ1) is 9.01. The minimum absolute atomic E-state index is 0.0218. The van der Waals surface area contributed by atoms with Crippen LogP contribution in [-0.2, 0) is 0 Å². The van der Waals surface area contributed by atoms with E-state index >= 15 is 0 Å². The van der Waals surface area contributed by atoms with Crippen molar-refractivity contribution in [1.82, 2.24) is 4.90 Å².